The van der Waals surface area contributed by atoms with Gasteiger partial charge < -0.3 is 4.74 Å². The fourth-order valence-electron chi connectivity index (χ4n) is 1.96. The summed E-state index contributed by atoms with van der Waals surface area (Å²) in [4.78, 5) is 13.6. The van der Waals surface area contributed by atoms with Crippen molar-refractivity contribution in [2.45, 2.75) is 39.5 Å². The van der Waals surface area contributed by atoms with Gasteiger partial charge in [-0.25, -0.2) is 9.97 Å². The Labute approximate surface area is 120 Å². The molecule has 0 amide bonds. The summed E-state index contributed by atoms with van der Waals surface area (Å²) in [5.74, 6) is 1.54. The third-order valence-corrected chi connectivity index (χ3v) is 3.07. The van der Waals surface area contributed by atoms with Crippen molar-refractivity contribution < 1.29 is 4.74 Å². The molecule has 106 valence electrons. The van der Waals surface area contributed by atoms with Gasteiger partial charge in [-0.15, -0.1) is 0 Å². The van der Waals surface area contributed by atoms with E-state index in [-0.39, 0.29) is 0 Å². The lowest BCUT2D eigenvalue weighted by molar-refractivity contribution is 0.396. The maximum atomic E-state index is 5.27. The van der Waals surface area contributed by atoms with Crippen molar-refractivity contribution in [3.8, 4) is 17.4 Å². The lowest BCUT2D eigenvalue weighted by Gasteiger charge is -2.09. The molecule has 0 saturated heterocycles. The molecule has 0 atom stereocenters. The Kier molecular flexibility index (Phi) is 4.66. The number of nitrogens with zero attached hydrogens (tertiary/aromatic N) is 3. The molecule has 2 aromatic heterocycles. The number of hydrogen-bond donors (Lipinski definition) is 0. The van der Waals surface area contributed by atoms with E-state index >= 15 is 0 Å². The molecule has 0 unspecified atom stereocenters. The van der Waals surface area contributed by atoms with Gasteiger partial charge in [0.05, 0.1) is 12.8 Å². The van der Waals surface area contributed by atoms with Gasteiger partial charge in [0.2, 0.25) is 5.88 Å². The molecule has 4 nitrogen and oxygen atoms in total. The molecule has 2 aromatic rings. The van der Waals surface area contributed by atoms with Crippen LogP contribution in [-0.2, 0) is 6.42 Å². The minimum absolute atomic E-state index is 0.324. The van der Waals surface area contributed by atoms with Gasteiger partial charge in [0, 0.05) is 11.8 Å². The Bertz CT molecular complexity index is 582. The first-order valence-electron chi connectivity index (χ1n) is 7.03. The van der Waals surface area contributed by atoms with Crippen molar-refractivity contribution in [2.75, 3.05) is 7.11 Å². The van der Waals surface area contributed by atoms with Crippen LogP contribution in [0.5, 0.6) is 5.88 Å². The zero-order valence-corrected chi connectivity index (χ0v) is 12.6. The zero-order chi connectivity index (χ0) is 14.5. The first-order chi connectivity index (χ1) is 9.63. The molecule has 0 aliphatic carbocycles. The smallest absolute Gasteiger partial charge is 0.216 e. The Balaban J connectivity index is 2.45. The molecule has 0 aliphatic heterocycles. The molecular weight excluding hydrogens is 250 g/mol. The summed E-state index contributed by atoms with van der Waals surface area (Å²) in [7, 11) is 1.62. The Morgan fingerprint density at radius 2 is 1.95 bits per heavy atom. The summed E-state index contributed by atoms with van der Waals surface area (Å²) in [6, 6.07) is 7.86. The third-order valence-electron chi connectivity index (χ3n) is 3.07. The minimum atomic E-state index is 0.324. The second-order valence-electron chi connectivity index (χ2n) is 5.08. The molecule has 0 fully saturated rings. The number of aromatic nitrogens is 3. The zero-order valence-electron chi connectivity index (χ0n) is 12.6. The monoisotopic (exact) mass is 271 g/mol. The van der Waals surface area contributed by atoms with Crippen molar-refractivity contribution in [1.82, 2.24) is 15.0 Å². The molecule has 0 radical (unpaired) electrons. The molecule has 0 aromatic carbocycles. The number of aryl methyl sites for hydroxylation is 1. The number of ether oxygens (including phenoxy) is 1. The van der Waals surface area contributed by atoms with Gasteiger partial charge in [0.15, 0.2) is 5.82 Å². The second kappa shape index (κ2) is 6.46. The van der Waals surface area contributed by atoms with Crippen LogP contribution in [0.2, 0.25) is 0 Å². The summed E-state index contributed by atoms with van der Waals surface area (Å²) < 4.78 is 5.27. The molecule has 4 heteroatoms. The van der Waals surface area contributed by atoms with E-state index in [9.17, 15) is 0 Å². The average molecular weight is 271 g/mol. The van der Waals surface area contributed by atoms with Gasteiger partial charge >= 0.3 is 0 Å². The maximum absolute atomic E-state index is 5.27. The van der Waals surface area contributed by atoms with Crippen LogP contribution in [0.4, 0.5) is 0 Å². The Hall–Kier alpha value is -1.97. The molecular formula is C16H21N3O. The first kappa shape index (κ1) is 14.4. The van der Waals surface area contributed by atoms with Crippen LogP contribution in [0, 0.1) is 0 Å². The summed E-state index contributed by atoms with van der Waals surface area (Å²) in [5.41, 5.74) is 2.84. The van der Waals surface area contributed by atoms with E-state index in [2.05, 4.69) is 35.7 Å². The summed E-state index contributed by atoms with van der Waals surface area (Å²) in [6.45, 7) is 6.35. The van der Waals surface area contributed by atoms with E-state index in [0.717, 1.165) is 29.9 Å². The fraction of sp³-hybridized carbons (Fsp3) is 0.438. The minimum Gasteiger partial charge on any atom is -0.481 e. The van der Waals surface area contributed by atoms with Crippen LogP contribution in [0.25, 0.3) is 11.5 Å². The first-order valence-corrected chi connectivity index (χ1v) is 7.03. The van der Waals surface area contributed by atoms with E-state index in [1.165, 1.54) is 0 Å². The summed E-state index contributed by atoms with van der Waals surface area (Å²) in [6.07, 6.45) is 2.04. The van der Waals surface area contributed by atoms with E-state index in [1.54, 1.807) is 7.11 Å². The largest absolute Gasteiger partial charge is 0.481 e. The highest BCUT2D eigenvalue weighted by Crippen LogP contribution is 2.22. The Morgan fingerprint density at radius 3 is 2.60 bits per heavy atom. The maximum Gasteiger partial charge on any atom is 0.216 e. The van der Waals surface area contributed by atoms with Crippen LogP contribution in [0.3, 0.4) is 0 Å². The van der Waals surface area contributed by atoms with Crippen LogP contribution in [-0.4, -0.2) is 22.1 Å². The van der Waals surface area contributed by atoms with E-state index in [4.69, 9.17) is 4.74 Å². The van der Waals surface area contributed by atoms with Crippen molar-refractivity contribution in [1.29, 1.82) is 0 Å². The van der Waals surface area contributed by atoms with E-state index in [1.807, 2.05) is 24.3 Å². The SMILES string of the molecule is CCCc1cccc(-c2nc(OC)cc(C(C)C)n2)n1. The fourth-order valence-corrected chi connectivity index (χ4v) is 1.96. The lowest BCUT2D eigenvalue weighted by atomic mass is 10.1. The quantitative estimate of drug-likeness (QED) is 0.833. The highest BCUT2D eigenvalue weighted by molar-refractivity contribution is 5.50. The van der Waals surface area contributed by atoms with Crippen molar-refractivity contribution >= 4 is 0 Å². The topological polar surface area (TPSA) is 47.9 Å². The van der Waals surface area contributed by atoms with Crippen LogP contribution >= 0.6 is 0 Å². The molecule has 0 saturated carbocycles. The molecule has 2 heterocycles. The number of rotatable bonds is 5. The molecule has 0 bridgehead atoms. The molecule has 20 heavy (non-hydrogen) atoms. The highest BCUT2D eigenvalue weighted by atomic mass is 16.5. The predicted molar refractivity (Wildman–Crippen MR) is 79.9 cm³/mol. The number of methoxy groups -OCH3 is 1. The van der Waals surface area contributed by atoms with Crippen molar-refractivity contribution in [3.05, 3.63) is 35.7 Å². The van der Waals surface area contributed by atoms with Gasteiger partial charge in [-0.1, -0.05) is 33.3 Å². The van der Waals surface area contributed by atoms with Gasteiger partial charge in [-0.3, -0.25) is 0 Å². The second-order valence-corrected chi connectivity index (χ2v) is 5.08. The lowest BCUT2D eigenvalue weighted by Crippen LogP contribution is -2.02. The standard InChI is InChI=1S/C16H21N3O/c1-5-7-12-8-6-9-13(17-12)16-18-14(11(2)3)10-15(19-16)20-4/h6,8-11H,5,7H2,1-4H3. The Morgan fingerprint density at radius 1 is 1.15 bits per heavy atom. The van der Waals surface area contributed by atoms with E-state index < -0.39 is 0 Å². The predicted octanol–water partition coefficient (Wildman–Crippen LogP) is 3.62. The van der Waals surface area contributed by atoms with Crippen molar-refractivity contribution in [2.24, 2.45) is 0 Å². The van der Waals surface area contributed by atoms with Crippen LogP contribution in [0.1, 0.15) is 44.5 Å². The summed E-state index contributed by atoms with van der Waals surface area (Å²) in [5, 5.41) is 0. The third kappa shape index (κ3) is 3.32. The van der Waals surface area contributed by atoms with Crippen molar-refractivity contribution in [3.63, 3.8) is 0 Å². The van der Waals surface area contributed by atoms with Crippen LogP contribution in [0.15, 0.2) is 24.3 Å². The normalized spacial score (nSPS) is 10.8. The molecule has 0 N–H and O–H groups in total. The highest BCUT2D eigenvalue weighted by Gasteiger charge is 2.11. The van der Waals surface area contributed by atoms with Gasteiger partial charge in [0.1, 0.15) is 5.69 Å². The van der Waals surface area contributed by atoms with Gasteiger partial charge in [-0.05, 0) is 24.5 Å². The van der Waals surface area contributed by atoms with Gasteiger partial charge in [-0.2, -0.15) is 4.98 Å². The number of hydrogen-bond acceptors (Lipinski definition) is 4. The average Bonchev–Trinajstić information content (AvgIpc) is 2.47. The molecule has 0 spiro atoms. The molecule has 0 aliphatic rings. The van der Waals surface area contributed by atoms with Crippen LogP contribution < -0.4 is 4.74 Å². The van der Waals surface area contributed by atoms with Gasteiger partial charge in [0.25, 0.3) is 0 Å². The summed E-state index contributed by atoms with van der Waals surface area (Å²) >= 11 is 0. The molecule has 2 rings (SSSR count). The number of pyridine rings is 1. The van der Waals surface area contributed by atoms with E-state index in [0.29, 0.717) is 17.6 Å².